The average molecular weight is 349 g/mol. The molecule has 0 radical (unpaired) electrons. The minimum absolute atomic E-state index is 0.435. The molecule has 3 aromatic rings. The Morgan fingerprint density at radius 1 is 1.10 bits per heavy atom. The van der Waals surface area contributed by atoms with Gasteiger partial charge in [-0.15, -0.1) is 0 Å². The summed E-state index contributed by atoms with van der Waals surface area (Å²) in [5.74, 6) is 0.787. The largest absolute Gasteiger partial charge is 0.489 e. The van der Waals surface area contributed by atoms with Crippen molar-refractivity contribution < 1.29 is 4.74 Å². The molecule has 0 fully saturated rings. The third-order valence-corrected chi connectivity index (χ3v) is 3.83. The van der Waals surface area contributed by atoms with Gasteiger partial charge in [0.2, 0.25) is 0 Å². The molecule has 3 rings (SSSR count). The minimum Gasteiger partial charge on any atom is -0.489 e. The highest BCUT2D eigenvalue weighted by Crippen LogP contribution is 2.24. The van der Waals surface area contributed by atoms with Gasteiger partial charge in [0, 0.05) is 32.7 Å². The molecule has 2 nitrogen and oxygen atoms in total. The molecule has 0 saturated heterocycles. The molecule has 0 unspecified atom stereocenters. The number of benzene rings is 2. The lowest BCUT2D eigenvalue weighted by atomic mass is 10.2. The van der Waals surface area contributed by atoms with E-state index in [1.165, 1.54) is 0 Å². The second-order valence-electron chi connectivity index (χ2n) is 4.38. The van der Waals surface area contributed by atoms with Gasteiger partial charge in [-0.25, -0.2) is 0 Å². The van der Waals surface area contributed by atoms with E-state index in [0.29, 0.717) is 11.6 Å². The second kappa shape index (κ2) is 5.81. The summed E-state index contributed by atoms with van der Waals surface area (Å²) in [4.78, 5) is 4.31. The van der Waals surface area contributed by atoms with Crippen molar-refractivity contribution in [1.82, 2.24) is 4.98 Å². The normalized spacial score (nSPS) is 10.7. The number of pyridine rings is 1. The number of ether oxygens (including phenoxy) is 1. The Kier molecular flexibility index (Phi) is 3.90. The van der Waals surface area contributed by atoms with Crippen LogP contribution >= 0.6 is 27.5 Å². The standard InChI is InChI=1S/C16H11BrClNO/c17-13-5-3-12(15(18)8-13)10-20-14-6-4-11-2-1-7-19-16(11)9-14/h1-9H,10H2. The van der Waals surface area contributed by atoms with Crippen LogP contribution in [0.5, 0.6) is 5.75 Å². The highest BCUT2D eigenvalue weighted by atomic mass is 79.9. The van der Waals surface area contributed by atoms with Gasteiger partial charge >= 0.3 is 0 Å². The Bertz CT molecular complexity index is 760. The molecule has 4 heteroatoms. The Labute approximate surface area is 130 Å². The van der Waals surface area contributed by atoms with Crippen molar-refractivity contribution in [2.24, 2.45) is 0 Å². The van der Waals surface area contributed by atoms with Crippen molar-refractivity contribution in [2.45, 2.75) is 6.61 Å². The molecule has 0 aliphatic heterocycles. The van der Waals surface area contributed by atoms with Crippen LogP contribution in [0.3, 0.4) is 0 Å². The Morgan fingerprint density at radius 3 is 2.85 bits per heavy atom. The van der Waals surface area contributed by atoms with Crippen LogP contribution in [0.1, 0.15) is 5.56 Å². The Balaban J connectivity index is 1.79. The first-order valence-electron chi connectivity index (χ1n) is 6.14. The van der Waals surface area contributed by atoms with E-state index < -0.39 is 0 Å². The maximum atomic E-state index is 6.17. The maximum Gasteiger partial charge on any atom is 0.122 e. The Hall–Kier alpha value is -1.58. The van der Waals surface area contributed by atoms with Gasteiger partial charge in [-0.1, -0.05) is 39.7 Å². The topological polar surface area (TPSA) is 22.1 Å². The smallest absolute Gasteiger partial charge is 0.122 e. The van der Waals surface area contributed by atoms with E-state index in [1.807, 2.05) is 48.5 Å². The summed E-state index contributed by atoms with van der Waals surface area (Å²) in [5, 5.41) is 1.79. The zero-order valence-corrected chi connectivity index (χ0v) is 12.9. The van der Waals surface area contributed by atoms with E-state index in [9.17, 15) is 0 Å². The van der Waals surface area contributed by atoms with Crippen LogP contribution in [-0.4, -0.2) is 4.98 Å². The van der Waals surface area contributed by atoms with Crippen LogP contribution in [0.25, 0.3) is 10.9 Å². The van der Waals surface area contributed by atoms with Gasteiger partial charge in [0.05, 0.1) is 5.52 Å². The fourth-order valence-corrected chi connectivity index (χ4v) is 2.66. The van der Waals surface area contributed by atoms with Gasteiger partial charge in [0.15, 0.2) is 0 Å². The molecule has 0 saturated carbocycles. The summed E-state index contributed by atoms with van der Waals surface area (Å²) in [7, 11) is 0. The lowest BCUT2D eigenvalue weighted by Crippen LogP contribution is -1.96. The molecule has 0 bridgehead atoms. The summed E-state index contributed by atoms with van der Waals surface area (Å²) in [6.07, 6.45) is 1.78. The van der Waals surface area contributed by atoms with Crippen LogP contribution in [0.2, 0.25) is 5.02 Å². The third kappa shape index (κ3) is 2.94. The van der Waals surface area contributed by atoms with E-state index in [0.717, 1.165) is 26.7 Å². The number of hydrogen-bond acceptors (Lipinski definition) is 2. The molecule has 20 heavy (non-hydrogen) atoms. The van der Waals surface area contributed by atoms with Crippen LogP contribution in [0.15, 0.2) is 59.2 Å². The summed E-state index contributed by atoms with van der Waals surface area (Å²) in [6, 6.07) is 15.6. The molecule has 0 aliphatic carbocycles. The van der Waals surface area contributed by atoms with E-state index in [1.54, 1.807) is 6.20 Å². The van der Waals surface area contributed by atoms with Crippen LogP contribution in [-0.2, 0) is 6.61 Å². The van der Waals surface area contributed by atoms with E-state index in [2.05, 4.69) is 20.9 Å². The molecule has 1 heterocycles. The fourth-order valence-electron chi connectivity index (χ4n) is 1.94. The summed E-state index contributed by atoms with van der Waals surface area (Å²) >= 11 is 9.55. The van der Waals surface area contributed by atoms with E-state index >= 15 is 0 Å². The molecule has 0 aliphatic rings. The first-order chi connectivity index (χ1) is 9.72. The predicted octanol–water partition coefficient (Wildman–Crippen LogP) is 5.23. The molecule has 0 amide bonds. The van der Waals surface area contributed by atoms with Gasteiger partial charge in [-0.05, 0) is 30.3 Å². The van der Waals surface area contributed by atoms with Crippen LogP contribution in [0, 0.1) is 0 Å². The van der Waals surface area contributed by atoms with Crippen molar-refractivity contribution in [3.05, 3.63) is 69.8 Å². The molecule has 0 atom stereocenters. The van der Waals surface area contributed by atoms with Gasteiger partial charge < -0.3 is 4.74 Å². The summed E-state index contributed by atoms with van der Waals surface area (Å²) < 4.78 is 6.74. The van der Waals surface area contributed by atoms with E-state index in [4.69, 9.17) is 16.3 Å². The van der Waals surface area contributed by atoms with Crippen LogP contribution < -0.4 is 4.74 Å². The molecule has 0 N–H and O–H groups in total. The average Bonchev–Trinajstić information content (AvgIpc) is 2.46. The molecule has 100 valence electrons. The van der Waals surface area contributed by atoms with Crippen molar-refractivity contribution in [1.29, 1.82) is 0 Å². The van der Waals surface area contributed by atoms with E-state index in [-0.39, 0.29) is 0 Å². The zero-order chi connectivity index (χ0) is 13.9. The Morgan fingerprint density at radius 2 is 2.00 bits per heavy atom. The highest BCUT2D eigenvalue weighted by Gasteiger charge is 2.03. The molecular formula is C16H11BrClNO. The van der Waals surface area contributed by atoms with Crippen molar-refractivity contribution in [3.63, 3.8) is 0 Å². The lowest BCUT2D eigenvalue weighted by molar-refractivity contribution is 0.306. The molecule has 2 aromatic carbocycles. The van der Waals surface area contributed by atoms with Gasteiger partial charge in [0.1, 0.15) is 12.4 Å². The van der Waals surface area contributed by atoms with Crippen molar-refractivity contribution in [2.75, 3.05) is 0 Å². The quantitative estimate of drug-likeness (QED) is 0.646. The number of nitrogens with zero attached hydrogens (tertiary/aromatic N) is 1. The number of aromatic nitrogens is 1. The van der Waals surface area contributed by atoms with Crippen molar-refractivity contribution in [3.8, 4) is 5.75 Å². The van der Waals surface area contributed by atoms with Crippen LogP contribution in [0.4, 0.5) is 0 Å². The summed E-state index contributed by atoms with van der Waals surface area (Å²) in [5.41, 5.74) is 1.88. The van der Waals surface area contributed by atoms with Gasteiger partial charge in [-0.2, -0.15) is 0 Å². The first-order valence-corrected chi connectivity index (χ1v) is 7.31. The van der Waals surface area contributed by atoms with Gasteiger partial charge in [-0.3, -0.25) is 4.98 Å². The minimum atomic E-state index is 0.435. The van der Waals surface area contributed by atoms with Gasteiger partial charge in [0.25, 0.3) is 0 Å². The fraction of sp³-hybridized carbons (Fsp3) is 0.0625. The number of hydrogen-bond donors (Lipinski definition) is 0. The number of halogens is 2. The van der Waals surface area contributed by atoms with Crippen molar-refractivity contribution >= 4 is 38.4 Å². The number of rotatable bonds is 3. The molecular weight excluding hydrogens is 338 g/mol. The molecule has 1 aromatic heterocycles. The predicted molar refractivity (Wildman–Crippen MR) is 85.2 cm³/mol. The highest BCUT2D eigenvalue weighted by molar-refractivity contribution is 9.10. The molecule has 0 spiro atoms. The SMILES string of the molecule is Clc1cc(Br)ccc1COc1ccc2cccnc2c1. The zero-order valence-electron chi connectivity index (χ0n) is 10.5. The maximum absolute atomic E-state index is 6.17. The monoisotopic (exact) mass is 347 g/mol. The first kappa shape index (κ1) is 13.4. The number of fused-ring (bicyclic) bond motifs is 1. The second-order valence-corrected chi connectivity index (χ2v) is 5.71. The lowest BCUT2D eigenvalue weighted by Gasteiger charge is -2.08. The third-order valence-electron chi connectivity index (χ3n) is 2.99. The summed E-state index contributed by atoms with van der Waals surface area (Å²) in [6.45, 7) is 0.435.